The minimum absolute atomic E-state index is 0.458. The highest BCUT2D eigenvalue weighted by molar-refractivity contribution is 6.35. The van der Waals surface area contributed by atoms with Crippen LogP contribution in [0.5, 0.6) is 0 Å². The zero-order chi connectivity index (χ0) is 23.2. The molecule has 0 saturated carbocycles. The normalized spacial score (nSPS) is 14.5. The molecule has 0 aliphatic heterocycles. The van der Waals surface area contributed by atoms with Crippen LogP contribution < -0.4 is 0 Å². The standard InChI is InChI=1S/C24H51BO6/c1-7-13-16-22(10-4)19-26-29-25(30-27-20-23(11-5)17-14-8-2)31-28-21-24(12-6)18-15-9-3/h22-24H,7-21H2,1-6H3. The summed E-state index contributed by atoms with van der Waals surface area (Å²) < 4.78 is 0. The molecule has 7 heteroatoms. The molecule has 0 saturated heterocycles. The minimum Gasteiger partial charge on any atom is -0.247 e. The Bertz CT molecular complexity index is 309. The van der Waals surface area contributed by atoms with E-state index >= 15 is 0 Å². The van der Waals surface area contributed by atoms with Gasteiger partial charge in [-0.25, -0.2) is 29.1 Å². The molecule has 0 amide bonds. The van der Waals surface area contributed by atoms with Crippen LogP contribution in [0, 0.1) is 17.8 Å². The van der Waals surface area contributed by atoms with E-state index in [0.717, 1.165) is 38.5 Å². The molecule has 3 atom stereocenters. The lowest BCUT2D eigenvalue weighted by atomic mass is 10.0. The summed E-state index contributed by atoms with van der Waals surface area (Å²) in [6.07, 6.45) is 13.6. The van der Waals surface area contributed by atoms with Gasteiger partial charge in [0.2, 0.25) is 0 Å². The molecular formula is C24H51BO6. The summed E-state index contributed by atoms with van der Waals surface area (Å²) in [6, 6.07) is 0. The van der Waals surface area contributed by atoms with Gasteiger partial charge in [-0.15, -0.1) is 0 Å². The van der Waals surface area contributed by atoms with E-state index in [1.165, 1.54) is 38.5 Å². The van der Waals surface area contributed by atoms with Crippen LogP contribution >= 0.6 is 0 Å². The van der Waals surface area contributed by atoms with E-state index in [2.05, 4.69) is 41.5 Å². The number of hydrogen-bond donors (Lipinski definition) is 0. The third-order valence-electron chi connectivity index (χ3n) is 5.98. The molecule has 0 aromatic heterocycles. The molecule has 0 aromatic carbocycles. The van der Waals surface area contributed by atoms with Crippen LogP contribution in [-0.2, 0) is 29.1 Å². The first-order valence-corrected chi connectivity index (χ1v) is 13.0. The molecule has 3 unspecified atom stereocenters. The van der Waals surface area contributed by atoms with Crippen molar-refractivity contribution in [1.29, 1.82) is 0 Å². The Hall–Kier alpha value is -0.175. The van der Waals surface area contributed by atoms with E-state index in [9.17, 15) is 0 Å². The third-order valence-corrected chi connectivity index (χ3v) is 5.98. The van der Waals surface area contributed by atoms with Crippen molar-refractivity contribution in [2.24, 2.45) is 17.8 Å². The van der Waals surface area contributed by atoms with Crippen LogP contribution in [0.2, 0.25) is 0 Å². The predicted molar refractivity (Wildman–Crippen MR) is 127 cm³/mol. The summed E-state index contributed by atoms with van der Waals surface area (Å²) in [7, 11) is -1.16. The summed E-state index contributed by atoms with van der Waals surface area (Å²) in [4.78, 5) is 32.4. The van der Waals surface area contributed by atoms with E-state index in [4.69, 9.17) is 29.1 Å². The summed E-state index contributed by atoms with van der Waals surface area (Å²) in [5, 5.41) is 0. The first-order valence-electron chi connectivity index (χ1n) is 13.0. The fourth-order valence-corrected chi connectivity index (χ4v) is 3.32. The van der Waals surface area contributed by atoms with E-state index in [1.807, 2.05) is 0 Å². The van der Waals surface area contributed by atoms with Crippen molar-refractivity contribution in [3.63, 3.8) is 0 Å². The Balaban J connectivity index is 4.47. The molecule has 0 bridgehead atoms. The number of rotatable bonds is 24. The zero-order valence-electron chi connectivity index (χ0n) is 21.4. The molecule has 0 fully saturated rings. The average molecular weight is 446 g/mol. The minimum atomic E-state index is -1.16. The highest BCUT2D eigenvalue weighted by atomic mass is 17.3. The van der Waals surface area contributed by atoms with Gasteiger partial charge in [0.05, 0.1) is 19.8 Å². The number of unbranched alkanes of at least 4 members (excludes halogenated alkanes) is 3. The van der Waals surface area contributed by atoms with Gasteiger partial charge in [0, 0.05) is 0 Å². The second-order valence-corrected chi connectivity index (χ2v) is 8.68. The van der Waals surface area contributed by atoms with E-state index in [1.54, 1.807) is 0 Å². The lowest BCUT2D eigenvalue weighted by Gasteiger charge is -2.19. The van der Waals surface area contributed by atoms with Crippen molar-refractivity contribution in [2.75, 3.05) is 19.8 Å². The molecular weight excluding hydrogens is 395 g/mol. The largest absolute Gasteiger partial charge is 0.725 e. The van der Waals surface area contributed by atoms with Gasteiger partial charge in [-0.3, -0.25) is 0 Å². The molecule has 186 valence electrons. The van der Waals surface area contributed by atoms with Crippen LogP contribution in [0.4, 0.5) is 0 Å². The lowest BCUT2D eigenvalue weighted by molar-refractivity contribution is -0.353. The molecule has 0 spiro atoms. The van der Waals surface area contributed by atoms with E-state index in [-0.39, 0.29) is 0 Å². The predicted octanol–water partition coefficient (Wildman–Crippen LogP) is 7.47. The molecule has 0 aliphatic rings. The third kappa shape index (κ3) is 18.0. The maximum Gasteiger partial charge on any atom is 0.725 e. The fraction of sp³-hybridized carbons (Fsp3) is 1.00. The smallest absolute Gasteiger partial charge is 0.247 e. The van der Waals surface area contributed by atoms with Gasteiger partial charge >= 0.3 is 7.32 Å². The van der Waals surface area contributed by atoms with Gasteiger partial charge in [0.1, 0.15) is 0 Å². The molecule has 0 radical (unpaired) electrons. The monoisotopic (exact) mass is 446 g/mol. The Morgan fingerprint density at radius 1 is 0.484 bits per heavy atom. The van der Waals surface area contributed by atoms with Crippen LogP contribution in [0.15, 0.2) is 0 Å². The topological polar surface area (TPSA) is 55.4 Å². The molecule has 0 aliphatic carbocycles. The molecule has 0 rings (SSSR count). The van der Waals surface area contributed by atoms with Gasteiger partial charge < -0.3 is 0 Å². The summed E-state index contributed by atoms with van der Waals surface area (Å²) >= 11 is 0. The zero-order valence-corrected chi connectivity index (χ0v) is 21.4. The fourth-order valence-electron chi connectivity index (χ4n) is 3.32. The van der Waals surface area contributed by atoms with Crippen molar-refractivity contribution in [3.8, 4) is 0 Å². The summed E-state index contributed by atoms with van der Waals surface area (Å²) in [6.45, 7) is 14.6. The average Bonchev–Trinajstić information content (AvgIpc) is 2.79. The first kappa shape index (κ1) is 30.8. The lowest BCUT2D eigenvalue weighted by Crippen LogP contribution is -2.30. The van der Waals surface area contributed by atoms with E-state index < -0.39 is 7.32 Å². The summed E-state index contributed by atoms with van der Waals surface area (Å²) in [5.41, 5.74) is 0. The molecule has 6 nitrogen and oxygen atoms in total. The van der Waals surface area contributed by atoms with Gasteiger partial charge in [-0.1, -0.05) is 99.3 Å². The van der Waals surface area contributed by atoms with Crippen molar-refractivity contribution in [1.82, 2.24) is 0 Å². The van der Waals surface area contributed by atoms with Crippen LogP contribution in [0.25, 0.3) is 0 Å². The molecule has 0 heterocycles. The summed E-state index contributed by atoms with van der Waals surface area (Å²) in [5.74, 6) is 1.37. The van der Waals surface area contributed by atoms with Crippen LogP contribution in [0.3, 0.4) is 0 Å². The Kier molecular flexibility index (Phi) is 22.9. The second kappa shape index (κ2) is 23.0. The van der Waals surface area contributed by atoms with Crippen molar-refractivity contribution in [3.05, 3.63) is 0 Å². The van der Waals surface area contributed by atoms with Gasteiger partial charge in [0.15, 0.2) is 0 Å². The van der Waals surface area contributed by atoms with Crippen molar-refractivity contribution < 1.29 is 29.1 Å². The van der Waals surface area contributed by atoms with Gasteiger partial charge in [-0.2, -0.15) is 0 Å². The van der Waals surface area contributed by atoms with E-state index in [0.29, 0.717) is 37.6 Å². The Labute approximate surface area is 193 Å². The molecule has 0 aromatic rings. The Morgan fingerprint density at radius 3 is 1.00 bits per heavy atom. The van der Waals surface area contributed by atoms with Crippen molar-refractivity contribution >= 4 is 7.32 Å². The highest BCUT2D eigenvalue weighted by Crippen LogP contribution is 2.16. The van der Waals surface area contributed by atoms with Crippen molar-refractivity contribution in [2.45, 2.75) is 119 Å². The van der Waals surface area contributed by atoms with Gasteiger partial charge in [-0.05, 0) is 37.0 Å². The molecule has 31 heavy (non-hydrogen) atoms. The second-order valence-electron chi connectivity index (χ2n) is 8.68. The Morgan fingerprint density at radius 2 is 0.774 bits per heavy atom. The maximum absolute atomic E-state index is 5.43. The first-order chi connectivity index (χ1) is 15.1. The van der Waals surface area contributed by atoms with Crippen LogP contribution in [-0.4, -0.2) is 27.1 Å². The quantitative estimate of drug-likeness (QED) is 0.0871. The van der Waals surface area contributed by atoms with Gasteiger partial charge in [0.25, 0.3) is 0 Å². The SMILES string of the molecule is CCCCC(CC)COOB(OOCC(CC)CCCC)OOCC(CC)CCCC. The maximum atomic E-state index is 5.43. The number of hydrogen-bond acceptors (Lipinski definition) is 6. The molecule has 0 N–H and O–H groups in total. The highest BCUT2D eigenvalue weighted by Gasteiger charge is 2.28. The van der Waals surface area contributed by atoms with Crippen LogP contribution in [0.1, 0.15) is 119 Å².